The highest BCUT2D eigenvalue weighted by molar-refractivity contribution is 6.31. The monoisotopic (exact) mass is 319 g/mol. The molecule has 4 nitrogen and oxygen atoms in total. The quantitative estimate of drug-likeness (QED) is 0.583. The van der Waals surface area contributed by atoms with E-state index in [1.165, 1.54) is 0 Å². The van der Waals surface area contributed by atoms with E-state index in [1.54, 1.807) is 18.5 Å². The third kappa shape index (κ3) is 2.06. The van der Waals surface area contributed by atoms with Gasteiger partial charge in [0.1, 0.15) is 11.6 Å². The first kappa shape index (κ1) is 13.7. The van der Waals surface area contributed by atoms with Gasteiger partial charge in [0.2, 0.25) is 0 Å². The van der Waals surface area contributed by atoms with Crippen LogP contribution in [0.15, 0.2) is 47.5 Å². The molecule has 0 atom stereocenters. The molecule has 2 heterocycles. The SMILES string of the molecule is N#Cc1c(-c2cccnc2)c2c([nH]c1=O)-c1cc(Cl)ccc1C2. The van der Waals surface area contributed by atoms with Crippen LogP contribution < -0.4 is 5.56 Å². The molecule has 2 aromatic heterocycles. The number of nitriles is 1. The maximum atomic E-state index is 12.4. The van der Waals surface area contributed by atoms with Gasteiger partial charge in [-0.15, -0.1) is 0 Å². The van der Waals surface area contributed by atoms with Crippen molar-refractivity contribution in [2.24, 2.45) is 0 Å². The summed E-state index contributed by atoms with van der Waals surface area (Å²) in [6, 6.07) is 11.3. The Morgan fingerprint density at radius 3 is 2.91 bits per heavy atom. The zero-order chi connectivity index (χ0) is 16.0. The van der Waals surface area contributed by atoms with E-state index in [2.05, 4.69) is 9.97 Å². The number of hydrogen-bond acceptors (Lipinski definition) is 3. The average molecular weight is 320 g/mol. The molecule has 0 saturated heterocycles. The summed E-state index contributed by atoms with van der Waals surface area (Å²) in [5.41, 5.74) is 4.84. The summed E-state index contributed by atoms with van der Waals surface area (Å²) < 4.78 is 0. The lowest BCUT2D eigenvalue weighted by Gasteiger charge is -2.10. The minimum atomic E-state index is -0.391. The molecule has 1 aliphatic carbocycles. The van der Waals surface area contributed by atoms with E-state index in [0.717, 1.165) is 27.9 Å². The van der Waals surface area contributed by atoms with Crippen molar-refractivity contribution in [3.05, 3.63) is 74.8 Å². The largest absolute Gasteiger partial charge is 0.320 e. The normalized spacial score (nSPS) is 11.7. The van der Waals surface area contributed by atoms with Crippen LogP contribution in [0.3, 0.4) is 0 Å². The summed E-state index contributed by atoms with van der Waals surface area (Å²) in [7, 11) is 0. The number of H-pyrrole nitrogens is 1. The number of pyridine rings is 2. The predicted octanol–water partition coefficient (Wildman–Crippen LogP) is 3.53. The summed E-state index contributed by atoms with van der Waals surface area (Å²) in [5.74, 6) is 0. The minimum Gasteiger partial charge on any atom is -0.320 e. The van der Waals surface area contributed by atoms with E-state index in [9.17, 15) is 10.1 Å². The molecule has 3 aromatic rings. The molecular formula is C18H10ClN3O. The molecule has 1 aliphatic rings. The van der Waals surface area contributed by atoms with E-state index in [0.29, 0.717) is 17.0 Å². The van der Waals surface area contributed by atoms with Gasteiger partial charge in [-0.25, -0.2) is 0 Å². The predicted molar refractivity (Wildman–Crippen MR) is 88.3 cm³/mol. The molecule has 1 N–H and O–H groups in total. The molecule has 110 valence electrons. The summed E-state index contributed by atoms with van der Waals surface area (Å²) in [6.45, 7) is 0. The fourth-order valence-electron chi connectivity index (χ4n) is 3.11. The molecule has 0 amide bonds. The lowest BCUT2D eigenvalue weighted by atomic mass is 9.96. The first-order chi connectivity index (χ1) is 11.2. The molecule has 0 fully saturated rings. The molecule has 1 aromatic carbocycles. The van der Waals surface area contributed by atoms with Crippen LogP contribution in [0.1, 0.15) is 16.7 Å². The van der Waals surface area contributed by atoms with Crippen molar-refractivity contribution in [1.29, 1.82) is 5.26 Å². The van der Waals surface area contributed by atoms with Gasteiger partial charge in [0, 0.05) is 40.5 Å². The first-order valence-electron chi connectivity index (χ1n) is 7.07. The smallest absolute Gasteiger partial charge is 0.266 e. The average Bonchev–Trinajstić information content (AvgIpc) is 2.92. The van der Waals surface area contributed by atoms with Crippen LogP contribution in [-0.2, 0) is 6.42 Å². The zero-order valence-electron chi connectivity index (χ0n) is 11.9. The number of rotatable bonds is 1. The van der Waals surface area contributed by atoms with E-state index in [-0.39, 0.29) is 5.56 Å². The van der Waals surface area contributed by atoms with E-state index < -0.39 is 5.56 Å². The summed E-state index contributed by atoms with van der Waals surface area (Å²) >= 11 is 6.09. The Kier molecular flexibility index (Phi) is 3.03. The van der Waals surface area contributed by atoms with Crippen molar-refractivity contribution in [2.75, 3.05) is 0 Å². The molecule has 0 radical (unpaired) electrons. The van der Waals surface area contributed by atoms with Crippen LogP contribution in [-0.4, -0.2) is 9.97 Å². The molecular weight excluding hydrogens is 310 g/mol. The number of aromatic amines is 1. The van der Waals surface area contributed by atoms with Crippen LogP contribution in [0.4, 0.5) is 0 Å². The van der Waals surface area contributed by atoms with Gasteiger partial charge in [-0.2, -0.15) is 5.26 Å². The second-order valence-corrected chi connectivity index (χ2v) is 5.83. The van der Waals surface area contributed by atoms with Gasteiger partial charge < -0.3 is 4.98 Å². The van der Waals surface area contributed by atoms with Crippen molar-refractivity contribution in [3.8, 4) is 28.5 Å². The van der Waals surface area contributed by atoms with Gasteiger partial charge in [-0.1, -0.05) is 23.7 Å². The highest BCUT2D eigenvalue weighted by atomic mass is 35.5. The Bertz CT molecular complexity index is 1030. The third-order valence-electron chi connectivity index (χ3n) is 4.09. The summed E-state index contributed by atoms with van der Waals surface area (Å²) in [6.07, 6.45) is 3.99. The molecule has 0 aliphatic heterocycles. The number of aromatic nitrogens is 2. The number of halogens is 1. The number of nitrogens with zero attached hydrogens (tertiary/aromatic N) is 2. The summed E-state index contributed by atoms with van der Waals surface area (Å²) in [4.78, 5) is 19.3. The van der Waals surface area contributed by atoms with Crippen molar-refractivity contribution in [3.63, 3.8) is 0 Å². The van der Waals surface area contributed by atoms with E-state index >= 15 is 0 Å². The first-order valence-corrected chi connectivity index (χ1v) is 7.45. The molecule has 4 rings (SSSR count). The van der Waals surface area contributed by atoms with Crippen LogP contribution in [0, 0.1) is 11.3 Å². The van der Waals surface area contributed by atoms with Crippen molar-refractivity contribution in [1.82, 2.24) is 9.97 Å². The molecule has 0 bridgehead atoms. The summed E-state index contributed by atoms with van der Waals surface area (Å²) in [5, 5.41) is 10.1. The van der Waals surface area contributed by atoms with Gasteiger partial charge in [0.05, 0.1) is 5.69 Å². The van der Waals surface area contributed by atoms with Crippen molar-refractivity contribution >= 4 is 11.6 Å². The van der Waals surface area contributed by atoms with Gasteiger partial charge in [0.25, 0.3) is 5.56 Å². The molecule has 0 saturated carbocycles. The Balaban J connectivity index is 2.09. The van der Waals surface area contributed by atoms with Gasteiger partial charge in [0.15, 0.2) is 0 Å². The lowest BCUT2D eigenvalue weighted by molar-refractivity contribution is 1.17. The highest BCUT2D eigenvalue weighted by Gasteiger charge is 2.26. The number of nitrogens with one attached hydrogen (secondary N) is 1. The number of fused-ring (bicyclic) bond motifs is 3. The van der Waals surface area contributed by atoms with Crippen LogP contribution in [0.25, 0.3) is 22.4 Å². The maximum Gasteiger partial charge on any atom is 0.266 e. The van der Waals surface area contributed by atoms with Gasteiger partial charge >= 0.3 is 0 Å². The highest BCUT2D eigenvalue weighted by Crippen LogP contribution is 2.41. The minimum absolute atomic E-state index is 0.121. The molecule has 23 heavy (non-hydrogen) atoms. The van der Waals surface area contributed by atoms with Gasteiger partial charge in [-0.05, 0) is 29.3 Å². The topological polar surface area (TPSA) is 69.5 Å². The van der Waals surface area contributed by atoms with E-state index in [4.69, 9.17) is 11.6 Å². The lowest BCUT2D eigenvalue weighted by Crippen LogP contribution is -2.14. The second kappa shape index (κ2) is 5.08. The number of benzene rings is 1. The Labute approximate surface area is 137 Å². The fraction of sp³-hybridized carbons (Fsp3) is 0.0556. The van der Waals surface area contributed by atoms with Crippen molar-refractivity contribution < 1.29 is 0 Å². The molecule has 0 unspecified atom stereocenters. The third-order valence-corrected chi connectivity index (χ3v) is 4.32. The molecule has 0 spiro atoms. The molecule has 5 heteroatoms. The Hall–Kier alpha value is -2.90. The maximum absolute atomic E-state index is 12.4. The van der Waals surface area contributed by atoms with Gasteiger partial charge in [-0.3, -0.25) is 9.78 Å². The van der Waals surface area contributed by atoms with Crippen LogP contribution in [0.5, 0.6) is 0 Å². The second-order valence-electron chi connectivity index (χ2n) is 5.39. The number of hydrogen-bond donors (Lipinski definition) is 1. The standard InChI is InChI=1S/C18H10ClN3O/c19-12-4-3-10-6-14-16(11-2-1-5-21-9-11)15(8-20)18(23)22-17(14)13(10)7-12/h1-5,7,9H,6H2,(H,22,23). The fourth-order valence-corrected chi connectivity index (χ4v) is 3.28. The van der Waals surface area contributed by atoms with E-state index in [1.807, 2.05) is 30.3 Å². The zero-order valence-corrected chi connectivity index (χ0v) is 12.7. The Morgan fingerprint density at radius 2 is 2.17 bits per heavy atom. The van der Waals surface area contributed by atoms with Crippen LogP contribution in [0.2, 0.25) is 5.02 Å². The van der Waals surface area contributed by atoms with Crippen LogP contribution >= 0.6 is 11.6 Å². The van der Waals surface area contributed by atoms with Crippen molar-refractivity contribution in [2.45, 2.75) is 6.42 Å². The Morgan fingerprint density at radius 1 is 1.30 bits per heavy atom.